The van der Waals surface area contributed by atoms with Crippen LogP contribution in [0.5, 0.6) is 0 Å². The number of carbonyl (C=O) groups is 1. The number of anilines is 6. The lowest BCUT2D eigenvalue weighted by molar-refractivity contribution is 0.104. The molecule has 3 aliphatic carbocycles. The van der Waals surface area contributed by atoms with E-state index in [2.05, 4.69) is 82.6 Å². The lowest BCUT2D eigenvalue weighted by atomic mass is 10.0. The summed E-state index contributed by atoms with van der Waals surface area (Å²) in [7, 11) is 0. The Labute approximate surface area is 220 Å². The van der Waals surface area contributed by atoms with Crippen molar-refractivity contribution in [3.63, 3.8) is 0 Å². The first-order valence-corrected chi connectivity index (χ1v) is 12.7. The Bertz CT molecular complexity index is 1810. The highest BCUT2D eigenvalue weighted by Gasteiger charge is 2.35. The first kappa shape index (κ1) is 20.9. The maximum absolute atomic E-state index is 13.8. The van der Waals surface area contributed by atoms with Gasteiger partial charge in [0.2, 0.25) is 0 Å². The van der Waals surface area contributed by atoms with Gasteiger partial charge in [-0.25, -0.2) is 4.98 Å². The normalized spacial score (nSPS) is 13.2. The number of nitrogens with zero attached hydrogens (tertiary/aromatic N) is 3. The third-order valence-electron chi connectivity index (χ3n) is 7.53. The molecule has 2 heterocycles. The Hall–Kier alpha value is -5.22. The molecule has 178 valence electrons. The first-order chi connectivity index (χ1) is 18.8. The molecule has 4 heteroatoms. The zero-order valence-electron chi connectivity index (χ0n) is 20.4. The summed E-state index contributed by atoms with van der Waals surface area (Å²) in [6, 6.07) is 41.2. The number of pyridine rings is 1. The van der Waals surface area contributed by atoms with Gasteiger partial charge in [0.15, 0.2) is 5.78 Å². The van der Waals surface area contributed by atoms with Crippen LogP contribution in [0, 0.1) is 0 Å². The van der Waals surface area contributed by atoms with Crippen LogP contribution in [-0.2, 0) is 0 Å². The van der Waals surface area contributed by atoms with Gasteiger partial charge in [0, 0.05) is 28.6 Å². The van der Waals surface area contributed by atoms with Crippen molar-refractivity contribution >= 4 is 40.0 Å². The van der Waals surface area contributed by atoms with Crippen LogP contribution in [0.3, 0.4) is 0 Å². The van der Waals surface area contributed by atoms with Crippen molar-refractivity contribution in [1.82, 2.24) is 4.98 Å². The van der Waals surface area contributed by atoms with E-state index in [9.17, 15) is 4.79 Å². The van der Waals surface area contributed by atoms with Gasteiger partial charge in [0.25, 0.3) is 0 Å². The van der Waals surface area contributed by atoms with Gasteiger partial charge in [-0.1, -0.05) is 72.8 Å². The van der Waals surface area contributed by atoms with Gasteiger partial charge in [-0.15, -0.1) is 0 Å². The standard InChI is InChI=1S/C34H21N3O/c38-34-26-20-32(35-21-27(26)25-19-22-11-3-1-6-14-24(22)33(25)34)37-30-17-9-7-15-28(30)36(23-12-4-2-5-13-23)29-16-8-10-18-31(29)37/h1-21H. The molecule has 1 aliphatic heterocycles. The van der Waals surface area contributed by atoms with Crippen LogP contribution >= 0.6 is 0 Å². The Balaban J connectivity index is 1.32. The molecule has 0 N–H and O–H groups in total. The van der Waals surface area contributed by atoms with Crippen molar-refractivity contribution in [2.24, 2.45) is 0 Å². The van der Waals surface area contributed by atoms with Crippen molar-refractivity contribution in [3.05, 3.63) is 139 Å². The smallest absolute Gasteiger partial charge is 0.195 e. The zero-order valence-corrected chi connectivity index (χ0v) is 20.4. The average molecular weight is 488 g/mol. The Kier molecular flexibility index (Phi) is 4.34. The quantitative estimate of drug-likeness (QED) is 0.244. The summed E-state index contributed by atoms with van der Waals surface area (Å²) in [6.45, 7) is 0. The minimum Gasteiger partial charge on any atom is -0.306 e. The number of rotatable bonds is 2. The number of ketones is 1. The molecular formula is C34H21N3O. The Morgan fingerprint density at radius 3 is 1.76 bits per heavy atom. The largest absolute Gasteiger partial charge is 0.306 e. The molecule has 3 aromatic carbocycles. The number of para-hydroxylation sites is 5. The topological polar surface area (TPSA) is 36.4 Å². The van der Waals surface area contributed by atoms with E-state index in [-0.39, 0.29) is 5.78 Å². The molecule has 0 radical (unpaired) electrons. The van der Waals surface area contributed by atoms with Gasteiger partial charge in [-0.3, -0.25) is 9.69 Å². The van der Waals surface area contributed by atoms with E-state index in [0.29, 0.717) is 5.56 Å². The average Bonchev–Trinajstić information content (AvgIpc) is 3.34. The lowest BCUT2D eigenvalue weighted by Crippen LogP contribution is -2.24. The molecule has 0 saturated heterocycles. The van der Waals surface area contributed by atoms with E-state index < -0.39 is 0 Å². The van der Waals surface area contributed by atoms with Crippen LogP contribution in [0.2, 0.25) is 0 Å². The summed E-state index contributed by atoms with van der Waals surface area (Å²) in [5.74, 6) is 0.786. The van der Waals surface area contributed by atoms with Crippen molar-refractivity contribution in [2.45, 2.75) is 0 Å². The lowest BCUT2D eigenvalue weighted by Gasteiger charge is -2.39. The van der Waals surface area contributed by atoms with Crippen molar-refractivity contribution in [3.8, 4) is 22.3 Å². The van der Waals surface area contributed by atoms with E-state index in [1.54, 1.807) is 0 Å². The van der Waals surface area contributed by atoms with Crippen molar-refractivity contribution < 1.29 is 4.79 Å². The monoisotopic (exact) mass is 487 g/mol. The summed E-state index contributed by atoms with van der Waals surface area (Å²) in [4.78, 5) is 23.2. The highest BCUT2D eigenvalue weighted by Crippen LogP contribution is 2.54. The van der Waals surface area contributed by atoms with Gasteiger partial charge >= 0.3 is 0 Å². The van der Waals surface area contributed by atoms with Crippen LogP contribution in [-0.4, -0.2) is 10.8 Å². The van der Waals surface area contributed by atoms with Crippen LogP contribution < -0.4 is 9.80 Å². The molecule has 0 unspecified atom stereocenters. The highest BCUT2D eigenvalue weighted by molar-refractivity contribution is 6.26. The predicted octanol–water partition coefficient (Wildman–Crippen LogP) is 8.65. The molecule has 38 heavy (non-hydrogen) atoms. The minimum atomic E-state index is 0.0596. The number of aromatic nitrogens is 1. The second-order valence-corrected chi connectivity index (χ2v) is 9.61. The summed E-state index contributed by atoms with van der Waals surface area (Å²) >= 11 is 0. The fraction of sp³-hybridized carbons (Fsp3) is 0. The summed E-state index contributed by atoms with van der Waals surface area (Å²) in [6.07, 6.45) is 1.86. The third-order valence-corrected chi connectivity index (χ3v) is 7.53. The fourth-order valence-corrected chi connectivity index (χ4v) is 5.89. The van der Waals surface area contributed by atoms with Gasteiger partial charge in [0.1, 0.15) is 5.82 Å². The van der Waals surface area contributed by atoms with E-state index in [1.807, 2.05) is 54.7 Å². The molecule has 4 aromatic rings. The first-order valence-electron chi connectivity index (χ1n) is 12.7. The van der Waals surface area contributed by atoms with Crippen LogP contribution in [0.4, 0.5) is 34.3 Å². The molecule has 0 bridgehead atoms. The molecule has 4 nitrogen and oxygen atoms in total. The Morgan fingerprint density at radius 2 is 1.08 bits per heavy atom. The summed E-state index contributed by atoms with van der Waals surface area (Å²) in [5.41, 5.74) is 10.6. The number of benzene rings is 3. The highest BCUT2D eigenvalue weighted by atomic mass is 16.1. The summed E-state index contributed by atoms with van der Waals surface area (Å²) in [5, 5.41) is 0. The van der Waals surface area contributed by atoms with E-state index in [1.165, 1.54) is 0 Å². The maximum atomic E-state index is 13.8. The second-order valence-electron chi connectivity index (χ2n) is 9.61. The molecule has 0 saturated carbocycles. The predicted molar refractivity (Wildman–Crippen MR) is 153 cm³/mol. The molecule has 0 amide bonds. The number of fused-ring (bicyclic) bond motifs is 7. The van der Waals surface area contributed by atoms with E-state index in [0.717, 1.165) is 62.1 Å². The molecule has 0 spiro atoms. The fourth-order valence-electron chi connectivity index (χ4n) is 5.89. The number of hydrogen-bond acceptors (Lipinski definition) is 4. The zero-order chi connectivity index (χ0) is 25.2. The molecule has 0 atom stereocenters. The van der Waals surface area contributed by atoms with Gasteiger partial charge in [0.05, 0.1) is 22.7 Å². The molecule has 8 rings (SSSR count). The SMILES string of the molecule is O=C1c2cc(N3c4ccccc4N(c4ccccc4)c4ccccc43)ncc2-c2cc3cccccc-3c21. The van der Waals surface area contributed by atoms with Gasteiger partial charge < -0.3 is 4.90 Å². The van der Waals surface area contributed by atoms with Crippen LogP contribution in [0.1, 0.15) is 15.9 Å². The summed E-state index contributed by atoms with van der Waals surface area (Å²) < 4.78 is 0. The molecule has 4 aliphatic rings. The second kappa shape index (κ2) is 7.89. The molecular weight excluding hydrogens is 466 g/mol. The van der Waals surface area contributed by atoms with Gasteiger partial charge in [-0.05, 0) is 65.2 Å². The van der Waals surface area contributed by atoms with Crippen LogP contribution in [0.15, 0.2) is 128 Å². The van der Waals surface area contributed by atoms with Crippen LogP contribution in [0.25, 0.3) is 22.3 Å². The van der Waals surface area contributed by atoms with E-state index in [4.69, 9.17) is 4.98 Å². The third kappa shape index (κ3) is 2.86. The van der Waals surface area contributed by atoms with Crippen molar-refractivity contribution in [2.75, 3.05) is 9.80 Å². The van der Waals surface area contributed by atoms with Gasteiger partial charge in [-0.2, -0.15) is 0 Å². The molecule has 1 aromatic heterocycles. The Morgan fingerprint density at radius 1 is 0.500 bits per heavy atom. The minimum absolute atomic E-state index is 0.0596. The van der Waals surface area contributed by atoms with E-state index >= 15 is 0 Å². The molecule has 0 fully saturated rings. The number of hydrogen-bond donors (Lipinski definition) is 0. The number of carbonyl (C=O) groups excluding carboxylic acids is 1. The van der Waals surface area contributed by atoms with Crippen molar-refractivity contribution in [1.29, 1.82) is 0 Å². The maximum Gasteiger partial charge on any atom is 0.195 e.